The number of imide groups is 1. The number of carbonyl (C=O) groups is 5. The second-order valence-electron chi connectivity index (χ2n) is 15.9. The number of anilines is 1. The van der Waals surface area contributed by atoms with E-state index in [2.05, 4.69) is 15.4 Å². The van der Waals surface area contributed by atoms with Gasteiger partial charge in [-0.1, -0.05) is 23.7 Å². The number of amides is 3. The van der Waals surface area contributed by atoms with Crippen LogP contribution >= 0.6 is 11.6 Å². The number of phenolic OH excluding ortho intramolecular Hbond substituents is 2. The van der Waals surface area contributed by atoms with Gasteiger partial charge in [0.15, 0.2) is 12.1 Å². The van der Waals surface area contributed by atoms with Gasteiger partial charge in [-0.05, 0) is 38.1 Å². The molecule has 62 heavy (non-hydrogen) atoms. The van der Waals surface area contributed by atoms with E-state index in [0.29, 0.717) is 19.7 Å². The number of methoxy groups -OCH3 is 1. The van der Waals surface area contributed by atoms with Gasteiger partial charge in [-0.3, -0.25) is 28.9 Å². The van der Waals surface area contributed by atoms with Gasteiger partial charge in [0.2, 0.25) is 5.78 Å². The van der Waals surface area contributed by atoms with E-state index in [9.17, 15) is 49.5 Å². The fourth-order valence-corrected chi connectivity index (χ4v) is 9.25. The predicted octanol–water partition coefficient (Wildman–Crippen LogP) is 2.06. The molecule has 0 aromatic heterocycles. The third kappa shape index (κ3) is 7.45. The van der Waals surface area contributed by atoms with E-state index in [1.807, 2.05) is 6.92 Å². The molecule has 0 spiro atoms. The molecule has 0 radical (unpaired) electrons. The molecule has 3 heterocycles. The van der Waals surface area contributed by atoms with Crippen LogP contribution in [-0.4, -0.2) is 135 Å². The number of rotatable bonds is 9. The summed E-state index contributed by atoms with van der Waals surface area (Å²) in [5.41, 5.74) is -2.21. The lowest BCUT2D eigenvalue weighted by Crippen LogP contribution is -2.59. The van der Waals surface area contributed by atoms with Crippen molar-refractivity contribution in [2.24, 2.45) is 5.10 Å². The molecule has 5 aliphatic rings. The summed E-state index contributed by atoms with van der Waals surface area (Å²) in [6.45, 7) is 4.07. The van der Waals surface area contributed by atoms with Gasteiger partial charge in [-0.15, -0.1) is 0 Å². The second-order valence-corrected chi connectivity index (χ2v) is 16.3. The maximum Gasteiger partial charge on any atom is 0.271 e. The number of ether oxygens (including phenoxy) is 4. The minimum atomic E-state index is -2.28. The zero-order valence-electron chi connectivity index (χ0n) is 33.7. The van der Waals surface area contributed by atoms with E-state index >= 15 is 0 Å². The zero-order chi connectivity index (χ0) is 44.4. The van der Waals surface area contributed by atoms with E-state index in [1.54, 1.807) is 6.92 Å². The van der Waals surface area contributed by atoms with Crippen LogP contribution in [-0.2, 0) is 30.2 Å². The van der Waals surface area contributed by atoms with Gasteiger partial charge in [-0.2, -0.15) is 5.10 Å². The van der Waals surface area contributed by atoms with Crippen molar-refractivity contribution in [3.8, 4) is 17.2 Å². The largest absolute Gasteiger partial charge is 0.507 e. The maximum absolute atomic E-state index is 14.2. The highest BCUT2D eigenvalue weighted by atomic mass is 35.5. The average molecular weight is 875 g/mol. The summed E-state index contributed by atoms with van der Waals surface area (Å²) >= 11 is 6.26. The number of nitrogens with zero attached hydrogens (tertiary/aromatic N) is 3. The number of ketones is 2. The molecule has 3 aliphatic heterocycles. The number of hydrazone groups is 1. The number of hydrogen-bond donors (Lipinski definition) is 6. The minimum absolute atomic E-state index is 0.00105. The molecule has 8 rings (SSSR count). The molecule has 3 aromatic rings. The van der Waals surface area contributed by atoms with Crippen molar-refractivity contribution in [3.63, 3.8) is 0 Å². The van der Waals surface area contributed by atoms with Gasteiger partial charge in [0, 0.05) is 77.8 Å². The lowest BCUT2D eigenvalue weighted by Gasteiger charge is -2.47. The highest BCUT2D eigenvalue weighted by Crippen LogP contribution is 2.53. The van der Waals surface area contributed by atoms with Crippen LogP contribution in [0.2, 0.25) is 5.02 Å². The Balaban J connectivity index is 1.18. The van der Waals surface area contributed by atoms with Crippen molar-refractivity contribution in [1.82, 2.24) is 10.3 Å². The number of benzene rings is 3. The molecule has 3 amide bonds. The molecule has 1 unspecified atom stereocenters. The molecule has 2 fully saturated rings. The first-order valence-electron chi connectivity index (χ1n) is 19.8. The summed E-state index contributed by atoms with van der Waals surface area (Å²) in [6.07, 6.45) is -3.25. The Kier molecular flexibility index (Phi) is 11.5. The van der Waals surface area contributed by atoms with Gasteiger partial charge in [0.1, 0.15) is 22.8 Å². The van der Waals surface area contributed by atoms with Crippen molar-refractivity contribution in [3.05, 3.63) is 92.5 Å². The van der Waals surface area contributed by atoms with E-state index in [1.165, 1.54) is 43.5 Å². The van der Waals surface area contributed by atoms with Gasteiger partial charge < -0.3 is 44.5 Å². The van der Waals surface area contributed by atoms with Crippen LogP contribution in [0, 0.1) is 0 Å². The molecule has 0 saturated carbocycles. The fourth-order valence-electron chi connectivity index (χ4n) is 9.02. The van der Waals surface area contributed by atoms with Gasteiger partial charge in [0.05, 0.1) is 72.8 Å². The standard InChI is InChI=1S/C43H43ClN4O14/c1-19-17-47(9-10-60-19)26-14-32(61-20(2)37(26)52)62-28-16-43(58,29(18-49)45-46-42(57)21-11-22(44)13-23(12-21)48-30(50)7-8-31(48)51)15-25-34(28)41(56)36-35(39(25)54)38(53)24-5-4-6-27(59-3)33(24)40(36)55/h4-8,11-13,19-20,26,28,32,37,49,52,54,56,58H,9-10,14-18H2,1-3H3,(H,46,57)/b45-29+/t19-,20-,26?,28-,32-,37+,43-/m0/s1. The molecule has 7 atom stereocenters. The Morgan fingerprint density at radius 2 is 1.76 bits per heavy atom. The normalized spacial score (nSPS) is 27.5. The molecule has 2 aliphatic carbocycles. The number of fused-ring (bicyclic) bond motifs is 3. The highest BCUT2D eigenvalue weighted by molar-refractivity contribution is 6.33. The molecule has 18 nitrogen and oxygen atoms in total. The van der Waals surface area contributed by atoms with Crippen molar-refractivity contribution < 1.29 is 68.5 Å². The van der Waals surface area contributed by atoms with Crippen molar-refractivity contribution in [1.29, 1.82) is 0 Å². The van der Waals surface area contributed by atoms with Crippen LogP contribution in [0.15, 0.2) is 53.7 Å². The Morgan fingerprint density at radius 1 is 1.03 bits per heavy atom. The Bertz CT molecular complexity index is 2460. The van der Waals surface area contributed by atoms with E-state index < -0.39 is 113 Å². The SMILES string of the molecule is COc1cccc2c1C(=O)c1c(O)c3c(c(O)c1C2=O)C[C@@](O)(/C(CO)=N/NC(=O)c1cc(Cl)cc(N2C(=O)C=CC2=O)c1)C[C@@H]3O[C@H]1CC(N2CCO[C@@H](C)C2)[C@H](O)[C@H](C)O1. The van der Waals surface area contributed by atoms with Crippen molar-refractivity contribution >= 4 is 52.3 Å². The van der Waals surface area contributed by atoms with Crippen molar-refractivity contribution in [2.75, 3.05) is 38.3 Å². The molecule has 2 saturated heterocycles. The number of phenols is 2. The molecule has 3 aromatic carbocycles. The molecular weight excluding hydrogens is 832 g/mol. The third-order valence-electron chi connectivity index (χ3n) is 12.0. The van der Waals surface area contributed by atoms with Gasteiger partial charge >= 0.3 is 0 Å². The average Bonchev–Trinajstić information content (AvgIpc) is 3.58. The first-order valence-corrected chi connectivity index (χ1v) is 20.2. The summed E-state index contributed by atoms with van der Waals surface area (Å²) < 4.78 is 23.8. The Labute approximate surface area is 358 Å². The van der Waals surface area contributed by atoms with E-state index in [0.717, 1.165) is 17.1 Å². The Hall–Kier alpha value is -5.57. The van der Waals surface area contributed by atoms with Crippen LogP contribution in [0.4, 0.5) is 5.69 Å². The molecule has 0 bridgehead atoms. The smallest absolute Gasteiger partial charge is 0.271 e. The van der Waals surface area contributed by atoms with Crippen LogP contribution in [0.5, 0.6) is 17.2 Å². The predicted molar refractivity (Wildman–Crippen MR) is 218 cm³/mol. The quantitative estimate of drug-likeness (QED) is 0.0609. The van der Waals surface area contributed by atoms with Gasteiger partial charge in [0.25, 0.3) is 17.7 Å². The lowest BCUT2D eigenvalue weighted by atomic mass is 9.71. The number of halogens is 1. The number of aliphatic hydroxyl groups excluding tert-OH is 2. The van der Waals surface area contributed by atoms with Crippen LogP contribution < -0.4 is 15.1 Å². The lowest BCUT2D eigenvalue weighted by molar-refractivity contribution is -0.260. The Morgan fingerprint density at radius 3 is 2.45 bits per heavy atom. The number of carbonyl (C=O) groups excluding carboxylic acids is 5. The minimum Gasteiger partial charge on any atom is -0.507 e. The highest BCUT2D eigenvalue weighted by Gasteiger charge is 2.50. The number of morpholine rings is 1. The number of aliphatic hydroxyl groups is 3. The molecule has 19 heteroatoms. The van der Waals surface area contributed by atoms with Crippen LogP contribution in [0.1, 0.15) is 86.1 Å². The zero-order valence-corrected chi connectivity index (χ0v) is 34.4. The molecule has 326 valence electrons. The molecular formula is C43H43ClN4O14. The number of nitrogens with one attached hydrogen (secondary N) is 1. The van der Waals surface area contributed by atoms with Crippen LogP contribution in [0.25, 0.3) is 0 Å². The third-order valence-corrected chi connectivity index (χ3v) is 12.2. The van der Waals surface area contributed by atoms with Crippen LogP contribution in [0.3, 0.4) is 0 Å². The first kappa shape index (κ1) is 43.1. The summed E-state index contributed by atoms with van der Waals surface area (Å²) in [5, 5.41) is 62.6. The molecule has 6 N–H and O–H groups in total. The number of aromatic hydroxyl groups is 2. The topological polar surface area (TPSA) is 254 Å². The summed E-state index contributed by atoms with van der Waals surface area (Å²) in [7, 11) is 1.32. The fraction of sp³-hybridized carbons (Fsp3) is 0.395. The first-order chi connectivity index (χ1) is 29.5. The second kappa shape index (κ2) is 16.6. The number of hydrogen-bond acceptors (Lipinski definition) is 16. The van der Waals surface area contributed by atoms with E-state index in [-0.39, 0.29) is 56.8 Å². The summed E-state index contributed by atoms with van der Waals surface area (Å²) in [5.74, 6) is -5.22. The summed E-state index contributed by atoms with van der Waals surface area (Å²) in [4.78, 5) is 69.4. The monoisotopic (exact) mass is 874 g/mol. The van der Waals surface area contributed by atoms with E-state index in [4.69, 9.17) is 30.5 Å². The maximum atomic E-state index is 14.2. The van der Waals surface area contributed by atoms with Gasteiger partial charge in [-0.25, -0.2) is 10.3 Å². The summed E-state index contributed by atoms with van der Waals surface area (Å²) in [6, 6.07) is 7.64. The van der Waals surface area contributed by atoms with Crippen molar-refractivity contribution in [2.45, 2.75) is 75.5 Å².